The van der Waals surface area contributed by atoms with Gasteiger partial charge in [0.25, 0.3) is 0 Å². The second-order valence-electron chi connectivity index (χ2n) is 6.36. The Bertz CT molecular complexity index is 316. The highest BCUT2D eigenvalue weighted by molar-refractivity contribution is 5.82. The van der Waals surface area contributed by atoms with E-state index in [1.54, 1.807) is 6.92 Å². The Morgan fingerprint density at radius 1 is 1.35 bits per heavy atom. The maximum Gasteiger partial charge on any atom is 0.240 e. The molecule has 0 spiro atoms. The van der Waals surface area contributed by atoms with Crippen LogP contribution in [-0.4, -0.2) is 53.9 Å². The molecule has 1 unspecified atom stereocenters. The zero-order chi connectivity index (χ0) is 14.5. The van der Waals surface area contributed by atoms with Crippen LogP contribution in [0, 0.1) is 5.92 Å². The van der Waals surface area contributed by atoms with Crippen LogP contribution in [0.15, 0.2) is 0 Å². The molecule has 2 fully saturated rings. The number of hydrogen-bond donors (Lipinski definition) is 3. The summed E-state index contributed by atoms with van der Waals surface area (Å²) in [5.74, 6) is 0.544. The molecule has 1 amide bonds. The van der Waals surface area contributed by atoms with Crippen LogP contribution >= 0.6 is 0 Å². The maximum atomic E-state index is 12.8. The molecule has 3 N–H and O–H groups in total. The first-order valence-electron chi connectivity index (χ1n) is 8.04. The third-order valence-corrected chi connectivity index (χ3v) is 4.49. The van der Waals surface area contributed by atoms with Gasteiger partial charge in [0.2, 0.25) is 5.91 Å². The minimum absolute atomic E-state index is 0.172. The van der Waals surface area contributed by atoms with Gasteiger partial charge in [-0.25, -0.2) is 0 Å². The molecule has 5 nitrogen and oxygen atoms in total. The van der Waals surface area contributed by atoms with Crippen molar-refractivity contribution in [2.75, 3.05) is 19.6 Å². The third kappa shape index (κ3) is 4.17. The first kappa shape index (κ1) is 15.7. The highest BCUT2D eigenvalue weighted by atomic mass is 16.3. The highest BCUT2D eigenvalue weighted by Gasteiger charge is 2.34. The second kappa shape index (κ2) is 7.38. The van der Waals surface area contributed by atoms with Gasteiger partial charge in [0.1, 0.15) is 6.23 Å². The molecule has 1 aliphatic heterocycles. The first-order valence-corrected chi connectivity index (χ1v) is 8.04. The molecule has 1 aliphatic carbocycles. The van der Waals surface area contributed by atoms with E-state index in [1.807, 2.05) is 4.90 Å². The van der Waals surface area contributed by atoms with Crippen molar-refractivity contribution in [1.82, 2.24) is 15.5 Å². The van der Waals surface area contributed by atoms with Crippen LogP contribution in [0.1, 0.15) is 46.0 Å². The number of nitrogens with zero attached hydrogens (tertiary/aromatic N) is 1. The van der Waals surface area contributed by atoms with Crippen LogP contribution in [0.4, 0.5) is 0 Å². The summed E-state index contributed by atoms with van der Waals surface area (Å²) >= 11 is 0. The monoisotopic (exact) mass is 283 g/mol. The van der Waals surface area contributed by atoms with Crippen molar-refractivity contribution >= 4 is 5.91 Å². The Hall–Kier alpha value is -0.650. The molecule has 116 valence electrons. The Morgan fingerprint density at radius 2 is 2.05 bits per heavy atom. The van der Waals surface area contributed by atoms with E-state index in [0.717, 1.165) is 32.5 Å². The topological polar surface area (TPSA) is 64.6 Å². The highest BCUT2D eigenvalue weighted by Crippen LogP contribution is 2.27. The molecule has 1 heterocycles. The predicted molar refractivity (Wildman–Crippen MR) is 79.2 cm³/mol. The van der Waals surface area contributed by atoms with E-state index in [-0.39, 0.29) is 11.9 Å². The third-order valence-electron chi connectivity index (χ3n) is 4.49. The molecule has 0 aromatic carbocycles. The molecule has 1 saturated heterocycles. The molecule has 2 aliphatic rings. The quantitative estimate of drug-likeness (QED) is 0.664. The van der Waals surface area contributed by atoms with Crippen molar-refractivity contribution in [2.24, 2.45) is 5.92 Å². The Balaban J connectivity index is 2.02. The number of rotatable bonds is 4. The van der Waals surface area contributed by atoms with Gasteiger partial charge in [0, 0.05) is 25.7 Å². The van der Waals surface area contributed by atoms with E-state index < -0.39 is 6.23 Å². The Labute approximate surface area is 122 Å². The van der Waals surface area contributed by atoms with Gasteiger partial charge in [-0.15, -0.1) is 0 Å². The maximum absolute atomic E-state index is 12.8. The van der Waals surface area contributed by atoms with Crippen LogP contribution in [0.5, 0.6) is 0 Å². The summed E-state index contributed by atoms with van der Waals surface area (Å²) in [4.78, 5) is 14.8. The van der Waals surface area contributed by atoms with Gasteiger partial charge in [-0.1, -0.05) is 19.3 Å². The number of aliphatic hydroxyl groups excluding tert-OH is 1. The minimum Gasteiger partial charge on any atom is -0.379 e. The Morgan fingerprint density at radius 3 is 2.65 bits per heavy atom. The van der Waals surface area contributed by atoms with Gasteiger partial charge in [0.15, 0.2) is 0 Å². The summed E-state index contributed by atoms with van der Waals surface area (Å²) in [5, 5.41) is 16.1. The fraction of sp³-hybridized carbons (Fsp3) is 0.933. The molecule has 2 rings (SSSR count). The van der Waals surface area contributed by atoms with Crippen molar-refractivity contribution in [3.05, 3.63) is 0 Å². The summed E-state index contributed by atoms with van der Waals surface area (Å²) in [7, 11) is 0. The van der Waals surface area contributed by atoms with E-state index in [9.17, 15) is 9.90 Å². The smallest absolute Gasteiger partial charge is 0.240 e. The van der Waals surface area contributed by atoms with Gasteiger partial charge in [0.05, 0.1) is 6.04 Å². The summed E-state index contributed by atoms with van der Waals surface area (Å²) in [6.45, 7) is 6.21. The van der Waals surface area contributed by atoms with E-state index in [0.29, 0.717) is 12.0 Å². The lowest BCUT2D eigenvalue weighted by atomic mass is 9.83. The zero-order valence-electron chi connectivity index (χ0n) is 12.8. The molecule has 0 aromatic heterocycles. The molecular weight excluding hydrogens is 254 g/mol. The van der Waals surface area contributed by atoms with Crippen molar-refractivity contribution in [2.45, 2.75) is 64.3 Å². The number of piperazine rings is 1. The van der Waals surface area contributed by atoms with E-state index >= 15 is 0 Å². The number of amides is 1. The van der Waals surface area contributed by atoms with Crippen LogP contribution in [-0.2, 0) is 4.79 Å². The molecule has 0 bridgehead atoms. The van der Waals surface area contributed by atoms with Gasteiger partial charge >= 0.3 is 0 Å². The molecular formula is C15H29N3O2. The van der Waals surface area contributed by atoms with Crippen molar-refractivity contribution in [1.29, 1.82) is 0 Å². The average molecular weight is 283 g/mol. The van der Waals surface area contributed by atoms with Crippen LogP contribution in [0.3, 0.4) is 0 Å². The standard InChI is InChI=1S/C15H29N3O2/c1-11-10-18(9-8-16-11)15(20)14(17-12(2)19)13-6-4-3-5-7-13/h11-14,16-17,19H,3-10H2,1-2H3/t11-,12?,14-/m0/s1. The molecule has 3 atom stereocenters. The minimum atomic E-state index is -0.633. The lowest BCUT2D eigenvalue weighted by Crippen LogP contribution is -2.58. The lowest BCUT2D eigenvalue weighted by molar-refractivity contribution is -0.137. The fourth-order valence-corrected chi connectivity index (χ4v) is 3.47. The number of carbonyl (C=O) groups is 1. The number of hydrogen-bond acceptors (Lipinski definition) is 4. The first-order chi connectivity index (χ1) is 9.58. The summed E-state index contributed by atoms with van der Waals surface area (Å²) < 4.78 is 0. The second-order valence-corrected chi connectivity index (χ2v) is 6.36. The summed E-state index contributed by atoms with van der Waals surface area (Å²) in [6.07, 6.45) is 5.24. The van der Waals surface area contributed by atoms with Crippen molar-refractivity contribution < 1.29 is 9.90 Å². The molecule has 20 heavy (non-hydrogen) atoms. The van der Waals surface area contributed by atoms with Gasteiger partial charge in [-0.3, -0.25) is 10.1 Å². The predicted octanol–water partition coefficient (Wildman–Crippen LogP) is 0.683. The van der Waals surface area contributed by atoms with E-state index in [2.05, 4.69) is 17.6 Å². The lowest BCUT2D eigenvalue weighted by Gasteiger charge is -2.38. The molecule has 0 radical (unpaired) electrons. The summed E-state index contributed by atoms with van der Waals surface area (Å²) in [5.41, 5.74) is 0. The van der Waals surface area contributed by atoms with E-state index in [1.165, 1.54) is 19.3 Å². The average Bonchev–Trinajstić information content (AvgIpc) is 2.45. The molecule has 1 saturated carbocycles. The van der Waals surface area contributed by atoms with E-state index in [4.69, 9.17) is 0 Å². The zero-order valence-corrected chi connectivity index (χ0v) is 12.8. The number of nitrogens with one attached hydrogen (secondary N) is 2. The van der Waals surface area contributed by atoms with Gasteiger partial charge in [-0.2, -0.15) is 0 Å². The van der Waals surface area contributed by atoms with Crippen LogP contribution in [0.25, 0.3) is 0 Å². The number of aliphatic hydroxyl groups is 1. The van der Waals surface area contributed by atoms with Crippen molar-refractivity contribution in [3.63, 3.8) is 0 Å². The molecule has 0 aromatic rings. The summed E-state index contributed by atoms with van der Waals surface area (Å²) in [6, 6.07) is 0.131. The number of carbonyl (C=O) groups excluding carboxylic acids is 1. The normalized spacial score (nSPS) is 28.1. The van der Waals surface area contributed by atoms with Crippen LogP contribution < -0.4 is 10.6 Å². The fourth-order valence-electron chi connectivity index (χ4n) is 3.47. The molecule has 5 heteroatoms. The van der Waals surface area contributed by atoms with Gasteiger partial charge < -0.3 is 15.3 Å². The van der Waals surface area contributed by atoms with Crippen molar-refractivity contribution in [3.8, 4) is 0 Å². The van der Waals surface area contributed by atoms with Gasteiger partial charge in [-0.05, 0) is 32.6 Å². The largest absolute Gasteiger partial charge is 0.379 e. The SMILES string of the molecule is CC(O)N[C@H](C(=O)N1CCN[C@@H](C)C1)C1CCCCC1. The van der Waals surface area contributed by atoms with Crippen LogP contribution in [0.2, 0.25) is 0 Å². The Kier molecular flexibility index (Phi) is 5.81.